The molecule has 0 spiro atoms. The van der Waals surface area contributed by atoms with Crippen LogP contribution in [0, 0.1) is 0 Å². The Kier molecular flexibility index (Phi) is 5.32. The third-order valence-electron chi connectivity index (χ3n) is 1.69. The molecule has 0 aliphatic rings. The number of likely N-dealkylation sites (N-methyl/N-ethyl adjacent to an activating group) is 1. The van der Waals surface area contributed by atoms with Gasteiger partial charge in [0.2, 0.25) is 0 Å². The van der Waals surface area contributed by atoms with E-state index in [4.69, 9.17) is 0 Å². The fraction of sp³-hybridized carbons (Fsp3) is 0.556. The Morgan fingerprint density at radius 3 is 3.07 bits per heavy atom. The third-order valence-corrected chi connectivity index (χ3v) is 4.47. The number of rotatable bonds is 6. The summed E-state index contributed by atoms with van der Waals surface area (Å²) in [5, 5.41) is 14.4. The van der Waals surface area contributed by atoms with Gasteiger partial charge in [-0.2, -0.15) is 0 Å². The van der Waals surface area contributed by atoms with Crippen LogP contribution < -0.4 is 5.32 Å². The molecule has 0 amide bonds. The normalized spacial score (nSPS) is 15.3. The lowest BCUT2D eigenvalue weighted by atomic mass is 10.4. The molecule has 2 N–H and O–H groups in total. The van der Waals surface area contributed by atoms with E-state index >= 15 is 0 Å². The molecule has 0 aliphatic heterocycles. The van der Waals surface area contributed by atoms with Gasteiger partial charge < -0.3 is 10.4 Å². The molecule has 3 nitrogen and oxygen atoms in total. The lowest BCUT2D eigenvalue weighted by Gasteiger charge is -2.09. The second kappa shape index (κ2) is 6.29. The Hall–Kier alpha value is -0.230. The van der Waals surface area contributed by atoms with Gasteiger partial charge in [-0.25, -0.2) is 0 Å². The zero-order valence-corrected chi connectivity index (χ0v) is 9.74. The predicted molar refractivity (Wildman–Crippen MR) is 60.1 cm³/mol. The summed E-state index contributed by atoms with van der Waals surface area (Å²) in [7, 11) is -1.06. The van der Waals surface area contributed by atoms with Crippen molar-refractivity contribution in [1.82, 2.24) is 5.32 Å². The number of thiophene rings is 1. The summed E-state index contributed by atoms with van der Waals surface area (Å²) in [4.78, 5) is 0. The summed E-state index contributed by atoms with van der Waals surface area (Å²) in [6, 6.07) is 3.70. The van der Waals surface area contributed by atoms with E-state index in [9.17, 15) is 9.32 Å². The van der Waals surface area contributed by atoms with Crippen molar-refractivity contribution in [3.8, 4) is 0 Å². The summed E-state index contributed by atoms with van der Waals surface area (Å²) in [6.45, 7) is 3.30. The van der Waals surface area contributed by atoms with Gasteiger partial charge in [-0.05, 0) is 18.0 Å². The van der Waals surface area contributed by atoms with Crippen LogP contribution in [0.1, 0.15) is 6.92 Å². The Bertz CT molecular complexity index is 274. The summed E-state index contributed by atoms with van der Waals surface area (Å²) >= 11 is 1.47. The highest BCUT2D eigenvalue weighted by Crippen LogP contribution is 2.14. The Morgan fingerprint density at radius 2 is 2.50 bits per heavy atom. The average Bonchev–Trinajstić information content (AvgIpc) is 2.67. The first-order valence-electron chi connectivity index (χ1n) is 4.54. The number of hydrogen-bond acceptors (Lipinski definition) is 4. The summed E-state index contributed by atoms with van der Waals surface area (Å²) < 4.78 is 12.4. The maximum absolute atomic E-state index is 11.6. The minimum absolute atomic E-state index is 0.313. The minimum Gasteiger partial charge on any atom is -0.391 e. The van der Waals surface area contributed by atoms with Crippen LogP contribution in [0.15, 0.2) is 21.7 Å². The van der Waals surface area contributed by atoms with Crippen molar-refractivity contribution in [3.63, 3.8) is 0 Å². The van der Waals surface area contributed by atoms with Gasteiger partial charge in [0.15, 0.2) is 0 Å². The van der Waals surface area contributed by atoms with Gasteiger partial charge in [-0.1, -0.05) is 13.0 Å². The van der Waals surface area contributed by atoms with E-state index in [1.54, 1.807) is 0 Å². The van der Waals surface area contributed by atoms with Gasteiger partial charge in [0.05, 0.1) is 26.9 Å². The van der Waals surface area contributed by atoms with Crippen molar-refractivity contribution < 1.29 is 9.32 Å². The third kappa shape index (κ3) is 3.88. The van der Waals surface area contributed by atoms with E-state index < -0.39 is 16.9 Å². The highest BCUT2D eigenvalue weighted by molar-refractivity contribution is 7.87. The molecule has 0 radical (unpaired) electrons. The minimum atomic E-state index is -1.06. The lowest BCUT2D eigenvalue weighted by Crippen LogP contribution is -2.30. The molecule has 80 valence electrons. The average molecular weight is 233 g/mol. The van der Waals surface area contributed by atoms with Crippen LogP contribution in [0.25, 0.3) is 0 Å². The molecule has 0 saturated carbocycles. The molecule has 2 atom stereocenters. The van der Waals surface area contributed by atoms with Gasteiger partial charge in [-0.3, -0.25) is 4.21 Å². The molecule has 1 heterocycles. The fourth-order valence-electron chi connectivity index (χ4n) is 1.02. The van der Waals surface area contributed by atoms with E-state index in [1.165, 1.54) is 11.3 Å². The molecule has 1 aromatic heterocycles. The van der Waals surface area contributed by atoms with Gasteiger partial charge >= 0.3 is 0 Å². The Labute approximate surface area is 90.6 Å². The first-order valence-corrected chi connectivity index (χ1v) is 6.74. The zero-order valence-electron chi connectivity index (χ0n) is 8.10. The predicted octanol–water partition coefficient (Wildman–Crippen LogP) is 0.826. The maximum atomic E-state index is 11.6. The quantitative estimate of drug-likeness (QED) is 0.765. The van der Waals surface area contributed by atoms with Gasteiger partial charge in [0.25, 0.3) is 0 Å². The highest BCUT2D eigenvalue weighted by atomic mass is 32.2. The van der Waals surface area contributed by atoms with E-state index in [0.29, 0.717) is 12.3 Å². The molecule has 1 rings (SSSR count). The van der Waals surface area contributed by atoms with Crippen molar-refractivity contribution in [1.29, 1.82) is 0 Å². The smallest absolute Gasteiger partial charge is 0.0911 e. The van der Waals surface area contributed by atoms with Gasteiger partial charge in [-0.15, -0.1) is 11.3 Å². The van der Waals surface area contributed by atoms with Crippen LogP contribution in [-0.2, 0) is 10.8 Å². The highest BCUT2D eigenvalue weighted by Gasteiger charge is 2.11. The first kappa shape index (κ1) is 11.8. The first-order chi connectivity index (χ1) is 6.74. The second-order valence-corrected chi connectivity index (χ2v) is 5.58. The van der Waals surface area contributed by atoms with Crippen molar-refractivity contribution in [2.75, 3.05) is 18.8 Å². The molecule has 0 fully saturated rings. The van der Waals surface area contributed by atoms with Crippen LogP contribution in [0.3, 0.4) is 0 Å². The molecule has 0 aliphatic carbocycles. The Morgan fingerprint density at radius 1 is 1.71 bits per heavy atom. The standard InChI is InChI=1S/C9H15NO2S2/c1-2-10-6-8(11)7-14(12)9-4-3-5-13-9/h3-5,8,10-11H,2,6-7H2,1H3. The van der Waals surface area contributed by atoms with Crippen molar-refractivity contribution in [2.24, 2.45) is 0 Å². The lowest BCUT2D eigenvalue weighted by molar-refractivity contribution is 0.196. The Balaban J connectivity index is 2.34. The molecule has 2 unspecified atom stereocenters. The zero-order chi connectivity index (χ0) is 10.4. The summed E-state index contributed by atoms with van der Waals surface area (Å²) in [6.07, 6.45) is -0.530. The van der Waals surface area contributed by atoms with Crippen LogP contribution in [0.4, 0.5) is 0 Å². The van der Waals surface area contributed by atoms with Gasteiger partial charge in [0.1, 0.15) is 0 Å². The SMILES string of the molecule is CCNCC(O)CS(=O)c1cccs1. The van der Waals surface area contributed by atoms with Crippen molar-refractivity contribution in [3.05, 3.63) is 17.5 Å². The summed E-state index contributed by atoms with van der Waals surface area (Å²) in [5.41, 5.74) is 0. The maximum Gasteiger partial charge on any atom is 0.0911 e. The van der Waals surface area contributed by atoms with Crippen LogP contribution in [-0.4, -0.2) is 34.3 Å². The van der Waals surface area contributed by atoms with Crippen molar-refractivity contribution >= 4 is 22.1 Å². The molecule has 5 heteroatoms. The van der Waals surface area contributed by atoms with E-state index in [0.717, 1.165) is 10.8 Å². The van der Waals surface area contributed by atoms with Gasteiger partial charge in [0, 0.05) is 6.54 Å². The molecule has 0 bridgehead atoms. The van der Waals surface area contributed by atoms with Crippen LogP contribution >= 0.6 is 11.3 Å². The molecular formula is C9H15NO2S2. The largest absolute Gasteiger partial charge is 0.391 e. The molecule has 0 saturated heterocycles. The van der Waals surface area contributed by atoms with E-state index in [1.807, 2.05) is 24.4 Å². The molecule has 0 aromatic carbocycles. The van der Waals surface area contributed by atoms with Crippen molar-refractivity contribution in [2.45, 2.75) is 17.2 Å². The molecule has 1 aromatic rings. The molecule has 14 heavy (non-hydrogen) atoms. The number of hydrogen-bond donors (Lipinski definition) is 2. The van der Waals surface area contributed by atoms with E-state index in [-0.39, 0.29) is 0 Å². The van der Waals surface area contributed by atoms with Crippen LogP contribution in [0.5, 0.6) is 0 Å². The number of nitrogens with one attached hydrogen (secondary N) is 1. The monoisotopic (exact) mass is 233 g/mol. The topological polar surface area (TPSA) is 49.3 Å². The van der Waals surface area contributed by atoms with Crippen LogP contribution in [0.2, 0.25) is 0 Å². The fourth-order valence-corrected chi connectivity index (χ4v) is 3.13. The molecular weight excluding hydrogens is 218 g/mol. The summed E-state index contributed by atoms with van der Waals surface area (Å²) in [5.74, 6) is 0.313. The van der Waals surface area contributed by atoms with E-state index in [2.05, 4.69) is 5.32 Å². The number of aliphatic hydroxyl groups excluding tert-OH is 1. The second-order valence-electron chi connectivity index (χ2n) is 2.91. The number of aliphatic hydroxyl groups is 1.